The summed E-state index contributed by atoms with van der Waals surface area (Å²) in [5, 5.41) is -0.106. The Morgan fingerprint density at radius 2 is 2.00 bits per heavy atom. The van der Waals surface area contributed by atoms with Crippen LogP contribution in [-0.2, 0) is 11.2 Å². The predicted molar refractivity (Wildman–Crippen MR) is 76.5 cm³/mol. The molecule has 3 rings (SSSR count). The van der Waals surface area contributed by atoms with Gasteiger partial charge in [-0.25, -0.2) is 8.78 Å². The molecule has 0 saturated carbocycles. The molecule has 4 nitrogen and oxygen atoms in total. The predicted octanol–water partition coefficient (Wildman–Crippen LogP) is 2.41. The lowest BCUT2D eigenvalue weighted by atomic mass is 10.0. The molecule has 1 aromatic rings. The Kier molecular flexibility index (Phi) is 3.84. The van der Waals surface area contributed by atoms with Crippen LogP contribution in [0.2, 0.25) is 0 Å². The van der Waals surface area contributed by atoms with E-state index in [1.807, 2.05) is 0 Å². The molecule has 0 atom stereocenters. The van der Waals surface area contributed by atoms with Crippen LogP contribution in [0.25, 0.3) is 0 Å². The van der Waals surface area contributed by atoms with E-state index in [9.17, 15) is 18.4 Å². The Bertz CT molecular complexity index is 609. The van der Waals surface area contributed by atoms with Crippen molar-refractivity contribution < 1.29 is 18.4 Å². The van der Waals surface area contributed by atoms with Crippen LogP contribution < -0.4 is 4.90 Å². The van der Waals surface area contributed by atoms with Gasteiger partial charge < -0.3 is 9.80 Å². The molecule has 0 N–H and O–H groups in total. The number of thioether (sulfide) groups is 1. The first-order valence-electron chi connectivity index (χ1n) is 6.76. The molecule has 0 aliphatic carbocycles. The molecule has 2 heterocycles. The van der Waals surface area contributed by atoms with E-state index in [0.717, 1.165) is 12.1 Å². The molecule has 21 heavy (non-hydrogen) atoms. The van der Waals surface area contributed by atoms with Gasteiger partial charge in [-0.1, -0.05) is 11.8 Å². The van der Waals surface area contributed by atoms with Crippen LogP contribution in [0.15, 0.2) is 12.1 Å². The minimum Gasteiger partial charge on any atom is -0.323 e. The van der Waals surface area contributed by atoms with E-state index in [1.165, 1.54) is 21.6 Å². The second-order valence-corrected chi connectivity index (χ2v) is 6.13. The summed E-state index contributed by atoms with van der Waals surface area (Å²) < 4.78 is 26.7. The van der Waals surface area contributed by atoms with Crippen molar-refractivity contribution in [3.8, 4) is 0 Å². The van der Waals surface area contributed by atoms with Gasteiger partial charge in [-0.15, -0.1) is 0 Å². The summed E-state index contributed by atoms with van der Waals surface area (Å²) in [6.07, 6.45) is 1.32. The zero-order chi connectivity index (χ0) is 15.0. The first-order chi connectivity index (χ1) is 10.1. The van der Waals surface area contributed by atoms with Crippen LogP contribution in [0.5, 0.6) is 0 Å². The van der Waals surface area contributed by atoms with E-state index < -0.39 is 11.6 Å². The molecule has 2 aliphatic rings. The third kappa shape index (κ3) is 2.74. The van der Waals surface area contributed by atoms with Gasteiger partial charge in [0.05, 0.1) is 0 Å². The summed E-state index contributed by atoms with van der Waals surface area (Å²) in [6, 6.07) is 2.23. The molecule has 2 aliphatic heterocycles. The van der Waals surface area contributed by atoms with Crippen molar-refractivity contribution in [1.82, 2.24) is 4.90 Å². The highest BCUT2D eigenvalue weighted by Gasteiger charge is 2.29. The van der Waals surface area contributed by atoms with Crippen LogP contribution in [-0.4, -0.2) is 41.4 Å². The number of anilines is 1. The monoisotopic (exact) mass is 312 g/mol. The molecule has 7 heteroatoms. The number of nitrogens with zero attached hydrogens (tertiary/aromatic N) is 2. The van der Waals surface area contributed by atoms with Crippen molar-refractivity contribution >= 4 is 28.6 Å². The molecular weight excluding hydrogens is 298 g/mol. The molecular formula is C14H14F2N2O2S. The van der Waals surface area contributed by atoms with Gasteiger partial charge in [0, 0.05) is 30.6 Å². The summed E-state index contributed by atoms with van der Waals surface area (Å²) in [6.45, 7) is 1.00. The summed E-state index contributed by atoms with van der Waals surface area (Å²) in [5.41, 5.74) is 1.06. The van der Waals surface area contributed by atoms with Gasteiger partial charge in [-0.05, 0) is 24.5 Å². The summed E-state index contributed by atoms with van der Waals surface area (Å²) in [7, 11) is 0. The number of halogens is 2. The molecule has 0 radical (unpaired) electrons. The smallest absolute Gasteiger partial charge is 0.282 e. The molecule has 1 fully saturated rings. The van der Waals surface area contributed by atoms with Gasteiger partial charge in [0.25, 0.3) is 5.24 Å². The fourth-order valence-corrected chi connectivity index (χ4v) is 3.48. The van der Waals surface area contributed by atoms with Crippen LogP contribution >= 0.6 is 11.8 Å². The maximum atomic E-state index is 13.4. The average Bonchev–Trinajstić information content (AvgIpc) is 2.85. The van der Waals surface area contributed by atoms with E-state index >= 15 is 0 Å². The number of rotatable bonds is 2. The van der Waals surface area contributed by atoms with E-state index in [-0.39, 0.29) is 17.7 Å². The van der Waals surface area contributed by atoms with Crippen molar-refractivity contribution in [1.29, 1.82) is 0 Å². The minimum absolute atomic E-state index is 0.00965. The van der Waals surface area contributed by atoms with E-state index in [1.54, 1.807) is 0 Å². The summed E-state index contributed by atoms with van der Waals surface area (Å²) in [4.78, 5) is 26.9. The molecule has 0 aromatic heterocycles. The lowest BCUT2D eigenvalue weighted by Gasteiger charge is -2.30. The molecule has 1 saturated heterocycles. The van der Waals surface area contributed by atoms with Gasteiger partial charge in [-0.2, -0.15) is 0 Å². The Morgan fingerprint density at radius 1 is 1.24 bits per heavy atom. The minimum atomic E-state index is -0.957. The van der Waals surface area contributed by atoms with Crippen molar-refractivity contribution in [2.45, 2.75) is 12.8 Å². The topological polar surface area (TPSA) is 40.6 Å². The number of benzene rings is 1. The second kappa shape index (κ2) is 5.63. The van der Waals surface area contributed by atoms with Gasteiger partial charge in [0.2, 0.25) is 5.91 Å². The number of carbonyl (C=O) groups excluding carboxylic acids is 2. The fraction of sp³-hybridized carbons (Fsp3) is 0.429. The van der Waals surface area contributed by atoms with Crippen LogP contribution in [0.3, 0.4) is 0 Å². The molecule has 1 aromatic carbocycles. The Hall–Kier alpha value is -1.63. The lowest BCUT2D eigenvalue weighted by Crippen LogP contribution is -2.43. The first-order valence-corrected chi connectivity index (χ1v) is 7.75. The number of hydrogen-bond donors (Lipinski definition) is 0. The average molecular weight is 312 g/mol. The molecule has 112 valence electrons. The zero-order valence-electron chi connectivity index (χ0n) is 11.3. The largest absolute Gasteiger partial charge is 0.323 e. The van der Waals surface area contributed by atoms with Gasteiger partial charge in [0.1, 0.15) is 6.54 Å². The van der Waals surface area contributed by atoms with Crippen molar-refractivity contribution in [2.75, 3.05) is 30.3 Å². The zero-order valence-corrected chi connectivity index (χ0v) is 12.1. The Labute approximate surface area is 125 Å². The first kappa shape index (κ1) is 14.3. The highest BCUT2D eigenvalue weighted by molar-refractivity contribution is 8.13. The summed E-state index contributed by atoms with van der Waals surface area (Å²) in [5.74, 6) is -1.42. The van der Waals surface area contributed by atoms with Crippen molar-refractivity contribution in [2.24, 2.45) is 0 Å². The van der Waals surface area contributed by atoms with Crippen LogP contribution in [0.4, 0.5) is 19.3 Å². The standard InChI is InChI=1S/C14H14F2N2O2S/c15-10-6-9-2-1-3-18(12(9)7-11(10)16)13(19)8-17-4-5-21-14(17)20/h6-7H,1-5,8H2. The third-order valence-electron chi connectivity index (χ3n) is 3.71. The summed E-state index contributed by atoms with van der Waals surface area (Å²) >= 11 is 1.19. The van der Waals surface area contributed by atoms with Gasteiger partial charge in [0.15, 0.2) is 11.6 Å². The highest BCUT2D eigenvalue weighted by Crippen LogP contribution is 2.30. The molecule has 0 unspecified atom stereocenters. The molecule has 2 amide bonds. The Morgan fingerprint density at radius 3 is 2.71 bits per heavy atom. The van der Waals surface area contributed by atoms with Crippen molar-refractivity contribution in [3.05, 3.63) is 29.3 Å². The molecule has 0 bridgehead atoms. The van der Waals surface area contributed by atoms with Gasteiger partial charge >= 0.3 is 0 Å². The van der Waals surface area contributed by atoms with E-state index in [4.69, 9.17) is 0 Å². The quantitative estimate of drug-likeness (QED) is 0.842. The van der Waals surface area contributed by atoms with Crippen LogP contribution in [0.1, 0.15) is 12.0 Å². The SMILES string of the molecule is O=C1SCCN1CC(=O)N1CCCc2cc(F)c(F)cc21. The van der Waals surface area contributed by atoms with E-state index in [2.05, 4.69) is 0 Å². The number of fused-ring (bicyclic) bond motifs is 1. The third-order valence-corrected chi connectivity index (χ3v) is 4.60. The normalized spacial score (nSPS) is 18.1. The number of hydrogen-bond acceptors (Lipinski definition) is 3. The van der Waals surface area contributed by atoms with Crippen LogP contribution in [0, 0.1) is 11.6 Å². The number of aryl methyl sites for hydroxylation is 1. The number of carbonyl (C=O) groups is 2. The van der Waals surface area contributed by atoms with E-state index in [0.29, 0.717) is 42.9 Å². The molecule has 0 spiro atoms. The van der Waals surface area contributed by atoms with Crippen molar-refractivity contribution in [3.63, 3.8) is 0 Å². The van der Waals surface area contributed by atoms with Gasteiger partial charge in [-0.3, -0.25) is 9.59 Å². The maximum absolute atomic E-state index is 13.4. The second-order valence-electron chi connectivity index (χ2n) is 5.08. The lowest BCUT2D eigenvalue weighted by molar-refractivity contribution is -0.119. The fourth-order valence-electron chi connectivity index (χ4n) is 2.65. The Balaban J connectivity index is 1.82. The number of amides is 2. The maximum Gasteiger partial charge on any atom is 0.282 e. The highest BCUT2D eigenvalue weighted by atomic mass is 32.2.